The second kappa shape index (κ2) is 6.57. The second-order valence-corrected chi connectivity index (χ2v) is 7.07. The summed E-state index contributed by atoms with van der Waals surface area (Å²) >= 11 is 0. The Morgan fingerprint density at radius 2 is 2.00 bits per heavy atom. The Bertz CT molecular complexity index is 646. The average Bonchev–Trinajstić information content (AvgIpc) is 3.40. The minimum atomic E-state index is -0.00208. The first-order valence-electron chi connectivity index (χ1n) is 8.75. The Morgan fingerprint density at radius 1 is 1.21 bits per heavy atom. The van der Waals surface area contributed by atoms with Crippen molar-refractivity contribution in [3.63, 3.8) is 0 Å². The Morgan fingerprint density at radius 3 is 2.79 bits per heavy atom. The van der Waals surface area contributed by atoms with Crippen LogP contribution < -0.4 is 10.1 Å². The molecule has 1 amide bonds. The molecule has 2 aliphatic heterocycles. The van der Waals surface area contributed by atoms with Crippen molar-refractivity contribution in [1.82, 2.24) is 10.2 Å². The monoisotopic (exact) mass is 328 g/mol. The van der Waals surface area contributed by atoms with Gasteiger partial charge in [0.15, 0.2) is 0 Å². The molecule has 0 aromatic heterocycles. The molecule has 2 fully saturated rings. The van der Waals surface area contributed by atoms with Crippen molar-refractivity contribution in [1.29, 1.82) is 0 Å². The number of para-hydroxylation sites is 1. The van der Waals surface area contributed by atoms with Gasteiger partial charge in [0.05, 0.1) is 18.8 Å². The summed E-state index contributed by atoms with van der Waals surface area (Å²) in [5, 5.41) is 3.13. The fourth-order valence-corrected chi connectivity index (χ4v) is 3.43. The third-order valence-electron chi connectivity index (χ3n) is 5.17. The zero-order valence-corrected chi connectivity index (χ0v) is 13.9. The molecule has 0 bridgehead atoms. The van der Waals surface area contributed by atoms with Gasteiger partial charge in [0.1, 0.15) is 12.4 Å². The van der Waals surface area contributed by atoms with E-state index in [0.29, 0.717) is 12.2 Å². The molecule has 4 rings (SSSR count). The van der Waals surface area contributed by atoms with Crippen molar-refractivity contribution in [3.8, 4) is 5.75 Å². The van der Waals surface area contributed by atoms with Crippen LogP contribution in [0.5, 0.6) is 5.75 Å². The Labute approximate surface area is 142 Å². The van der Waals surface area contributed by atoms with Crippen LogP contribution in [0.4, 0.5) is 0 Å². The zero-order valence-electron chi connectivity index (χ0n) is 13.9. The van der Waals surface area contributed by atoms with E-state index in [2.05, 4.69) is 10.2 Å². The molecular formula is C19H24N2O3. The summed E-state index contributed by atoms with van der Waals surface area (Å²) in [7, 11) is 0. The van der Waals surface area contributed by atoms with E-state index < -0.39 is 0 Å². The van der Waals surface area contributed by atoms with Gasteiger partial charge in [0, 0.05) is 37.2 Å². The lowest BCUT2D eigenvalue weighted by molar-refractivity contribution is -0.118. The minimum absolute atomic E-state index is 0.00208. The fourth-order valence-electron chi connectivity index (χ4n) is 3.43. The van der Waals surface area contributed by atoms with Crippen molar-refractivity contribution in [2.75, 3.05) is 46.0 Å². The van der Waals surface area contributed by atoms with Crippen LogP contribution in [0.25, 0.3) is 6.08 Å². The molecule has 0 unspecified atom stereocenters. The summed E-state index contributed by atoms with van der Waals surface area (Å²) in [5.74, 6) is 0.845. The molecule has 0 radical (unpaired) electrons. The van der Waals surface area contributed by atoms with Crippen LogP contribution in [-0.2, 0) is 9.53 Å². The summed E-state index contributed by atoms with van der Waals surface area (Å²) in [4.78, 5) is 14.9. The lowest BCUT2D eigenvalue weighted by Crippen LogP contribution is -2.43. The molecule has 24 heavy (non-hydrogen) atoms. The summed E-state index contributed by atoms with van der Waals surface area (Å²) in [6.45, 7) is 5.83. The normalized spacial score (nSPS) is 22.1. The van der Waals surface area contributed by atoms with Crippen LogP contribution in [0.15, 0.2) is 29.8 Å². The van der Waals surface area contributed by atoms with E-state index in [0.717, 1.165) is 50.7 Å². The topological polar surface area (TPSA) is 50.8 Å². The molecule has 1 saturated heterocycles. The van der Waals surface area contributed by atoms with Gasteiger partial charge in [-0.3, -0.25) is 9.69 Å². The predicted octanol–water partition coefficient (Wildman–Crippen LogP) is 1.69. The van der Waals surface area contributed by atoms with E-state index in [1.807, 2.05) is 30.3 Å². The quantitative estimate of drug-likeness (QED) is 0.894. The molecule has 1 N–H and O–H groups in total. The van der Waals surface area contributed by atoms with Crippen molar-refractivity contribution in [2.24, 2.45) is 5.41 Å². The standard InChI is InChI=1S/C19H24N2O3/c22-18(16-11-15-3-1-2-4-17(15)24-12-16)20-13-19(5-6-19)14-21-7-9-23-10-8-21/h1-4,11H,5-10,12-14H2,(H,20,22). The number of amides is 1. The Hall–Kier alpha value is -1.85. The number of nitrogens with zero attached hydrogens (tertiary/aromatic N) is 1. The predicted molar refractivity (Wildman–Crippen MR) is 91.8 cm³/mol. The van der Waals surface area contributed by atoms with Crippen molar-refractivity contribution in [2.45, 2.75) is 12.8 Å². The van der Waals surface area contributed by atoms with E-state index in [1.54, 1.807) is 0 Å². The highest BCUT2D eigenvalue weighted by molar-refractivity contribution is 5.99. The van der Waals surface area contributed by atoms with E-state index in [-0.39, 0.29) is 11.3 Å². The lowest BCUT2D eigenvalue weighted by Gasteiger charge is -2.30. The Balaban J connectivity index is 1.33. The summed E-state index contributed by atoms with van der Waals surface area (Å²) < 4.78 is 11.1. The van der Waals surface area contributed by atoms with Crippen LogP contribution in [0.1, 0.15) is 18.4 Å². The van der Waals surface area contributed by atoms with Gasteiger partial charge in [-0.15, -0.1) is 0 Å². The fraction of sp³-hybridized carbons (Fsp3) is 0.526. The number of nitrogens with one attached hydrogen (secondary N) is 1. The SMILES string of the molecule is O=C(NCC1(CN2CCOCC2)CC1)C1=Cc2ccccc2OC1. The number of benzene rings is 1. The highest BCUT2D eigenvalue weighted by Crippen LogP contribution is 2.45. The van der Waals surface area contributed by atoms with Crippen LogP contribution in [0.3, 0.4) is 0 Å². The highest BCUT2D eigenvalue weighted by Gasteiger charge is 2.44. The van der Waals surface area contributed by atoms with Crippen molar-refractivity contribution in [3.05, 3.63) is 35.4 Å². The molecule has 1 aromatic rings. The molecule has 128 valence electrons. The van der Waals surface area contributed by atoms with Crippen LogP contribution >= 0.6 is 0 Å². The van der Waals surface area contributed by atoms with Gasteiger partial charge in [0.2, 0.25) is 0 Å². The molecule has 5 nitrogen and oxygen atoms in total. The second-order valence-electron chi connectivity index (χ2n) is 7.07. The minimum Gasteiger partial charge on any atom is -0.488 e. The Kier molecular flexibility index (Phi) is 4.29. The van der Waals surface area contributed by atoms with Gasteiger partial charge >= 0.3 is 0 Å². The number of carbonyl (C=O) groups is 1. The van der Waals surface area contributed by atoms with Crippen LogP contribution in [0, 0.1) is 5.41 Å². The van der Waals surface area contributed by atoms with Gasteiger partial charge in [-0.1, -0.05) is 18.2 Å². The molecule has 3 aliphatic rings. The van der Waals surface area contributed by atoms with Gasteiger partial charge in [-0.25, -0.2) is 0 Å². The number of hydrogen-bond donors (Lipinski definition) is 1. The zero-order chi connectivity index (χ0) is 16.4. The number of hydrogen-bond acceptors (Lipinski definition) is 4. The van der Waals surface area contributed by atoms with E-state index in [4.69, 9.17) is 9.47 Å². The number of carbonyl (C=O) groups excluding carboxylic acids is 1. The maximum Gasteiger partial charge on any atom is 0.250 e. The van der Waals surface area contributed by atoms with Crippen LogP contribution in [0.2, 0.25) is 0 Å². The molecule has 1 aromatic carbocycles. The molecule has 2 heterocycles. The first-order chi connectivity index (χ1) is 11.7. The average molecular weight is 328 g/mol. The number of rotatable bonds is 5. The van der Waals surface area contributed by atoms with Crippen molar-refractivity contribution >= 4 is 12.0 Å². The largest absolute Gasteiger partial charge is 0.488 e. The molecule has 0 spiro atoms. The summed E-state index contributed by atoms with van der Waals surface area (Å²) in [6.07, 6.45) is 4.34. The molecule has 5 heteroatoms. The highest BCUT2D eigenvalue weighted by atomic mass is 16.5. The van der Waals surface area contributed by atoms with E-state index in [9.17, 15) is 4.79 Å². The molecule has 0 atom stereocenters. The first-order valence-corrected chi connectivity index (χ1v) is 8.75. The smallest absolute Gasteiger partial charge is 0.250 e. The lowest BCUT2D eigenvalue weighted by atomic mass is 10.0. The van der Waals surface area contributed by atoms with Gasteiger partial charge in [-0.05, 0) is 25.0 Å². The molecule has 1 saturated carbocycles. The van der Waals surface area contributed by atoms with Gasteiger partial charge in [0.25, 0.3) is 5.91 Å². The van der Waals surface area contributed by atoms with Crippen molar-refractivity contribution < 1.29 is 14.3 Å². The number of morpholine rings is 1. The summed E-state index contributed by atoms with van der Waals surface area (Å²) in [5.41, 5.74) is 1.94. The maximum atomic E-state index is 12.5. The third kappa shape index (κ3) is 3.47. The number of ether oxygens (including phenoxy) is 2. The molecular weight excluding hydrogens is 304 g/mol. The van der Waals surface area contributed by atoms with E-state index in [1.165, 1.54) is 12.8 Å². The van der Waals surface area contributed by atoms with Gasteiger partial charge < -0.3 is 14.8 Å². The van der Waals surface area contributed by atoms with E-state index >= 15 is 0 Å². The maximum absolute atomic E-state index is 12.5. The number of fused-ring (bicyclic) bond motifs is 1. The summed E-state index contributed by atoms with van der Waals surface area (Å²) in [6, 6.07) is 7.81. The first kappa shape index (κ1) is 15.7. The third-order valence-corrected chi connectivity index (χ3v) is 5.17. The van der Waals surface area contributed by atoms with Gasteiger partial charge in [-0.2, -0.15) is 0 Å². The van der Waals surface area contributed by atoms with Crippen LogP contribution in [-0.4, -0.2) is 56.8 Å². The molecule has 1 aliphatic carbocycles.